The Morgan fingerprint density at radius 2 is 2.17 bits per heavy atom. The monoisotopic (exact) mass is 273 g/mol. The molecule has 1 rings (SSSR count). The predicted molar refractivity (Wildman–Crippen MR) is 80.0 cm³/mol. The molecule has 1 fully saturated rings. The minimum atomic E-state index is 0.627. The number of nitrogens with zero attached hydrogens (tertiary/aromatic N) is 2. The Morgan fingerprint density at radius 3 is 2.83 bits per heavy atom. The molecule has 4 nitrogen and oxygen atoms in total. The molecule has 0 bridgehead atoms. The molecule has 0 aliphatic carbocycles. The van der Waals surface area contributed by atoms with Crippen molar-refractivity contribution in [1.82, 2.24) is 15.1 Å². The largest absolute Gasteiger partial charge is 0.382 e. The highest BCUT2D eigenvalue weighted by Crippen LogP contribution is 2.10. The number of nitrogens with one attached hydrogen (secondary N) is 1. The maximum absolute atomic E-state index is 5.45. The van der Waals surface area contributed by atoms with E-state index in [1.54, 1.807) is 0 Å². The lowest BCUT2D eigenvalue weighted by atomic mass is 10.1. The van der Waals surface area contributed by atoms with E-state index in [1.165, 1.54) is 6.42 Å². The van der Waals surface area contributed by atoms with Crippen molar-refractivity contribution < 1.29 is 4.74 Å². The molecule has 1 atom stereocenters. The highest BCUT2D eigenvalue weighted by Gasteiger charge is 2.23. The van der Waals surface area contributed by atoms with E-state index in [0.29, 0.717) is 6.04 Å². The summed E-state index contributed by atoms with van der Waals surface area (Å²) in [6.45, 7) is 9.94. The van der Waals surface area contributed by atoms with Gasteiger partial charge in [0.05, 0.1) is 0 Å². The lowest BCUT2D eigenvalue weighted by Crippen LogP contribution is -2.55. The van der Waals surface area contributed by atoms with Crippen LogP contribution in [-0.4, -0.2) is 67.4 Å². The molecular weight excluding hydrogens is 246 g/mol. The summed E-state index contributed by atoms with van der Waals surface area (Å²) in [6.07, 6.45) is 2.19. The van der Waals surface area contributed by atoms with Crippen LogP contribution in [0.1, 0.15) is 26.7 Å². The van der Waals surface area contributed by atoms with E-state index in [0.717, 1.165) is 50.9 Å². The van der Waals surface area contributed by atoms with Gasteiger partial charge in [-0.3, -0.25) is 4.90 Å². The van der Waals surface area contributed by atoms with Gasteiger partial charge in [0.2, 0.25) is 0 Å². The third-order valence-electron chi connectivity index (χ3n) is 3.48. The SMILES string of the molecule is CCOCCCNC(=S)N1CCN(C)C(CC)C1. The average molecular weight is 273 g/mol. The quantitative estimate of drug-likeness (QED) is 0.582. The zero-order valence-corrected chi connectivity index (χ0v) is 12.8. The Balaban J connectivity index is 2.21. The maximum Gasteiger partial charge on any atom is 0.169 e. The van der Waals surface area contributed by atoms with Crippen LogP contribution in [0.2, 0.25) is 0 Å². The second-order valence-electron chi connectivity index (χ2n) is 4.77. The zero-order valence-electron chi connectivity index (χ0n) is 11.9. The first-order valence-corrected chi connectivity index (χ1v) is 7.40. The van der Waals surface area contributed by atoms with Gasteiger partial charge in [0.25, 0.3) is 0 Å². The van der Waals surface area contributed by atoms with E-state index in [-0.39, 0.29) is 0 Å². The average Bonchev–Trinajstić information content (AvgIpc) is 2.38. The highest BCUT2D eigenvalue weighted by molar-refractivity contribution is 7.80. The third-order valence-corrected chi connectivity index (χ3v) is 3.88. The van der Waals surface area contributed by atoms with Crippen LogP contribution < -0.4 is 5.32 Å². The minimum absolute atomic E-state index is 0.627. The van der Waals surface area contributed by atoms with Gasteiger partial charge in [-0.25, -0.2) is 0 Å². The molecule has 1 aliphatic rings. The number of piperazine rings is 1. The fraction of sp³-hybridized carbons (Fsp3) is 0.923. The molecule has 0 radical (unpaired) electrons. The first kappa shape index (κ1) is 15.7. The van der Waals surface area contributed by atoms with E-state index in [1.807, 2.05) is 6.92 Å². The van der Waals surface area contributed by atoms with Gasteiger partial charge in [-0.1, -0.05) is 6.92 Å². The minimum Gasteiger partial charge on any atom is -0.382 e. The summed E-state index contributed by atoms with van der Waals surface area (Å²) < 4.78 is 5.31. The van der Waals surface area contributed by atoms with Crippen molar-refractivity contribution in [3.63, 3.8) is 0 Å². The molecule has 0 aromatic heterocycles. The molecular formula is C13H27N3OS. The lowest BCUT2D eigenvalue weighted by molar-refractivity contribution is 0.135. The van der Waals surface area contributed by atoms with E-state index in [4.69, 9.17) is 17.0 Å². The molecule has 0 saturated carbocycles. The zero-order chi connectivity index (χ0) is 13.4. The normalized spacial score (nSPS) is 21.1. The van der Waals surface area contributed by atoms with Crippen molar-refractivity contribution in [3.05, 3.63) is 0 Å². The third kappa shape index (κ3) is 5.08. The smallest absolute Gasteiger partial charge is 0.169 e. The number of ether oxygens (including phenoxy) is 1. The molecule has 1 N–H and O–H groups in total. The van der Waals surface area contributed by atoms with Crippen molar-refractivity contribution in [1.29, 1.82) is 0 Å². The molecule has 106 valence electrons. The number of rotatable bonds is 6. The molecule has 18 heavy (non-hydrogen) atoms. The van der Waals surface area contributed by atoms with Gasteiger partial charge in [0.15, 0.2) is 5.11 Å². The summed E-state index contributed by atoms with van der Waals surface area (Å²) in [5.41, 5.74) is 0. The summed E-state index contributed by atoms with van der Waals surface area (Å²) in [4.78, 5) is 4.72. The fourth-order valence-electron chi connectivity index (χ4n) is 2.20. The lowest BCUT2D eigenvalue weighted by Gasteiger charge is -2.40. The molecule has 1 saturated heterocycles. The Morgan fingerprint density at radius 1 is 1.39 bits per heavy atom. The van der Waals surface area contributed by atoms with Crippen LogP contribution in [-0.2, 0) is 4.74 Å². The van der Waals surface area contributed by atoms with E-state index in [9.17, 15) is 0 Å². The number of thiocarbonyl (C=S) groups is 1. The molecule has 1 heterocycles. The van der Waals surface area contributed by atoms with Gasteiger partial charge in [0, 0.05) is 45.4 Å². The van der Waals surface area contributed by atoms with Crippen LogP contribution in [0, 0.1) is 0 Å². The Labute approximate surface area is 117 Å². The van der Waals surface area contributed by atoms with Crippen molar-refractivity contribution in [2.24, 2.45) is 0 Å². The van der Waals surface area contributed by atoms with Crippen LogP contribution in [0.5, 0.6) is 0 Å². The van der Waals surface area contributed by atoms with Crippen LogP contribution in [0.4, 0.5) is 0 Å². The molecule has 0 amide bonds. The predicted octanol–water partition coefficient (Wildman–Crippen LogP) is 1.31. The Kier molecular flexibility index (Phi) is 7.54. The van der Waals surface area contributed by atoms with E-state index in [2.05, 4.69) is 29.1 Å². The number of likely N-dealkylation sites (N-methyl/N-ethyl adjacent to an activating group) is 1. The van der Waals surface area contributed by atoms with Crippen LogP contribution in [0.15, 0.2) is 0 Å². The van der Waals surface area contributed by atoms with Crippen LogP contribution in [0.3, 0.4) is 0 Å². The van der Waals surface area contributed by atoms with E-state index >= 15 is 0 Å². The summed E-state index contributed by atoms with van der Waals surface area (Å²) in [7, 11) is 2.20. The number of hydrogen-bond acceptors (Lipinski definition) is 3. The molecule has 0 aromatic carbocycles. The van der Waals surface area contributed by atoms with Gasteiger partial charge in [-0.05, 0) is 39.0 Å². The van der Waals surface area contributed by atoms with Crippen molar-refractivity contribution >= 4 is 17.3 Å². The van der Waals surface area contributed by atoms with Gasteiger partial charge < -0.3 is 15.0 Å². The summed E-state index contributed by atoms with van der Waals surface area (Å²) in [6, 6.07) is 0.627. The molecule has 0 aromatic rings. The molecule has 5 heteroatoms. The van der Waals surface area contributed by atoms with Gasteiger partial charge in [-0.2, -0.15) is 0 Å². The van der Waals surface area contributed by atoms with Crippen molar-refractivity contribution in [3.8, 4) is 0 Å². The standard InChI is InChI=1S/C13H27N3OS/c1-4-12-11-16(9-8-15(12)3)13(18)14-7-6-10-17-5-2/h12H,4-11H2,1-3H3,(H,14,18). The number of hydrogen-bond donors (Lipinski definition) is 1. The maximum atomic E-state index is 5.45. The topological polar surface area (TPSA) is 27.7 Å². The van der Waals surface area contributed by atoms with Crippen molar-refractivity contribution in [2.45, 2.75) is 32.7 Å². The Bertz CT molecular complexity index is 250. The first-order chi connectivity index (χ1) is 8.69. The van der Waals surface area contributed by atoms with Crippen LogP contribution in [0.25, 0.3) is 0 Å². The summed E-state index contributed by atoms with van der Waals surface area (Å²) in [5.74, 6) is 0. The second-order valence-corrected chi connectivity index (χ2v) is 5.16. The van der Waals surface area contributed by atoms with Gasteiger partial charge in [0.1, 0.15) is 0 Å². The van der Waals surface area contributed by atoms with Crippen molar-refractivity contribution in [2.75, 3.05) is 46.4 Å². The molecule has 1 unspecified atom stereocenters. The Hall–Kier alpha value is -0.390. The molecule has 1 aliphatic heterocycles. The molecule has 0 spiro atoms. The van der Waals surface area contributed by atoms with Gasteiger partial charge in [-0.15, -0.1) is 0 Å². The highest BCUT2D eigenvalue weighted by atomic mass is 32.1. The first-order valence-electron chi connectivity index (χ1n) is 6.99. The van der Waals surface area contributed by atoms with Crippen LogP contribution >= 0.6 is 12.2 Å². The van der Waals surface area contributed by atoms with Gasteiger partial charge >= 0.3 is 0 Å². The second kappa shape index (κ2) is 8.67. The summed E-state index contributed by atoms with van der Waals surface area (Å²) >= 11 is 5.45. The van der Waals surface area contributed by atoms with E-state index < -0.39 is 0 Å². The fourth-order valence-corrected chi connectivity index (χ4v) is 2.46. The summed E-state index contributed by atoms with van der Waals surface area (Å²) in [5, 5.41) is 4.23.